The van der Waals surface area contributed by atoms with E-state index in [9.17, 15) is 34.2 Å². The third kappa shape index (κ3) is 6.68. The predicted molar refractivity (Wildman–Crippen MR) is 195 cm³/mol. The van der Waals surface area contributed by atoms with Gasteiger partial charge in [-0.1, -0.05) is 44.2 Å². The number of Topliss-reactive ketones (excluding diaryl/α,β-unsaturated/α-hetero) is 1. The SMILES string of the molecule is CC(=O)O[C@H]1C(=O)[C@]2(C)[C@@H](OC(=O)/C=C/c3ccc(O)cc3)C[C@H]3OC[C@@]3(OC(C)=O)[C@H]2[C@H](OC(=O)c2ccccc2)[C@]2(O)C[C@H](OC(C)=O)C(C)=C1C2(C)C. The summed E-state index contributed by atoms with van der Waals surface area (Å²) in [4.78, 5) is 82.1. The summed E-state index contributed by atoms with van der Waals surface area (Å²) >= 11 is 0. The summed E-state index contributed by atoms with van der Waals surface area (Å²) in [5, 5.41) is 23.2. The van der Waals surface area contributed by atoms with Crippen LogP contribution in [0.15, 0.2) is 71.8 Å². The lowest BCUT2D eigenvalue weighted by atomic mass is 9.44. The van der Waals surface area contributed by atoms with Gasteiger partial charge >= 0.3 is 29.8 Å². The second kappa shape index (κ2) is 14.6. The van der Waals surface area contributed by atoms with Crippen molar-refractivity contribution in [2.45, 2.75) is 103 Å². The summed E-state index contributed by atoms with van der Waals surface area (Å²) in [6.07, 6.45) is -5.10. The Hall–Kier alpha value is -5.34. The van der Waals surface area contributed by atoms with Crippen LogP contribution in [0.5, 0.6) is 5.75 Å². The first kappa shape index (κ1) is 40.3. The monoisotopic (exact) mass is 774 g/mol. The number of benzene rings is 2. The van der Waals surface area contributed by atoms with Crippen LogP contribution in [0.4, 0.5) is 0 Å². The number of phenolic OH excluding ortho intramolecular Hbond substituents is 1. The molecule has 1 aliphatic heterocycles. The number of aliphatic hydroxyl groups is 1. The number of carbonyl (C=O) groups is 6. The molecule has 3 aliphatic carbocycles. The maximum Gasteiger partial charge on any atom is 0.338 e. The van der Waals surface area contributed by atoms with E-state index in [-0.39, 0.29) is 36.3 Å². The van der Waals surface area contributed by atoms with E-state index in [1.54, 1.807) is 51.1 Å². The van der Waals surface area contributed by atoms with Crippen molar-refractivity contribution in [2.75, 3.05) is 6.61 Å². The normalized spacial score (nSPS) is 33.0. The summed E-state index contributed by atoms with van der Waals surface area (Å²) in [6.45, 7) is 9.43. The Morgan fingerprint density at radius 1 is 0.857 bits per heavy atom. The third-order valence-corrected chi connectivity index (χ3v) is 12.0. The Kier molecular flexibility index (Phi) is 10.5. The molecule has 14 nitrogen and oxygen atoms in total. The first-order valence-corrected chi connectivity index (χ1v) is 18.3. The Balaban J connectivity index is 1.62. The van der Waals surface area contributed by atoms with Gasteiger partial charge in [-0.05, 0) is 60.9 Å². The van der Waals surface area contributed by atoms with Gasteiger partial charge in [0.05, 0.1) is 23.5 Å². The highest BCUT2D eigenvalue weighted by Crippen LogP contribution is 2.65. The first-order valence-electron chi connectivity index (χ1n) is 18.3. The lowest BCUT2D eigenvalue weighted by Gasteiger charge is -2.67. The van der Waals surface area contributed by atoms with Crippen molar-refractivity contribution in [3.05, 3.63) is 82.9 Å². The van der Waals surface area contributed by atoms with Gasteiger partial charge in [0.1, 0.15) is 35.8 Å². The standard InChI is InChI=1S/C42H46O14/c1-22-29(52-23(2)43)20-42(50)37(55-38(49)27-11-9-8-10-12-27)35-40(7,36(48)34(53-24(3)44)33(22)39(42,5)6)30(19-31-41(35,21-51-31)56-25(4)45)54-32(47)18-15-26-13-16-28(46)17-14-26/h8-18,29-31,34-35,37,46,50H,19-21H2,1-7H3/b18-15+/t29-,30-,31+,34+,35-,37-,40+,41-,42+/m0/s1. The molecular weight excluding hydrogens is 728 g/mol. The van der Waals surface area contributed by atoms with Crippen molar-refractivity contribution < 1.29 is 67.4 Å². The van der Waals surface area contributed by atoms with Crippen molar-refractivity contribution in [1.82, 2.24) is 0 Å². The molecule has 2 N–H and O–H groups in total. The van der Waals surface area contributed by atoms with Gasteiger partial charge in [0.15, 0.2) is 17.5 Å². The number of aromatic hydroxyl groups is 1. The van der Waals surface area contributed by atoms with Gasteiger partial charge in [-0.15, -0.1) is 0 Å². The van der Waals surface area contributed by atoms with Gasteiger partial charge in [-0.25, -0.2) is 9.59 Å². The number of rotatable bonds is 8. The van der Waals surface area contributed by atoms with Crippen LogP contribution in [-0.2, 0) is 52.4 Å². The van der Waals surface area contributed by atoms with E-state index in [4.69, 9.17) is 28.4 Å². The molecule has 6 rings (SSSR count). The maximum atomic E-state index is 15.7. The third-order valence-electron chi connectivity index (χ3n) is 12.0. The molecule has 56 heavy (non-hydrogen) atoms. The van der Waals surface area contributed by atoms with Crippen LogP contribution in [-0.4, -0.2) is 94.2 Å². The highest BCUT2D eigenvalue weighted by molar-refractivity contribution is 5.96. The van der Waals surface area contributed by atoms with Crippen LogP contribution < -0.4 is 0 Å². The number of ketones is 1. The fraction of sp³-hybridized carbons (Fsp3) is 0.476. The van der Waals surface area contributed by atoms with Crippen molar-refractivity contribution in [3.63, 3.8) is 0 Å². The lowest BCUT2D eigenvalue weighted by molar-refractivity contribution is -0.346. The van der Waals surface area contributed by atoms with Crippen LogP contribution in [0.3, 0.4) is 0 Å². The van der Waals surface area contributed by atoms with E-state index >= 15 is 4.79 Å². The van der Waals surface area contributed by atoms with Crippen LogP contribution in [0.25, 0.3) is 6.08 Å². The first-order chi connectivity index (χ1) is 26.3. The minimum absolute atomic E-state index is 0.0226. The molecule has 0 aromatic heterocycles. The summed E-state index contributed by atoms with van der Waals surface area (Å²) in [7, 11) is 0. The molecule has 0 amide bonds. The molecule has 1 saturated heterocycles. The average molecular weight is 775 g/mol. The molecule has 9 atom stereocenters. The second-order valence-corrected chi connectivity index (χ2v) is 15.7. The molecule has 2 bridgehead atoms. The lowest BCUT2D eigenvalue weighted by Crippen LogP contribution is -2.82. The van der Waals surface area contributed by atoms with Gasteiger partial charge in [0.25, 0.3) is 0 Å². The van der Waals surface area contributed by atoms with Gasteiger partial charge in [-0.3, -0.25) is 19.2 Å². The molecule has 14 heteroatoms. The van der Waals surface area contributed by atoms with Crippen LogP contribution in [0.1, 0.15) is 77.2 Å². The topological polar surface area (TPSA) is 198 Å². The van der Waals surface area contributed by atoms with Crippen molar-refractivity contribution >= 4 is 41.7 Å². The molecule has 3 fully saturated rings. The van der Waals surface area contributed by atoms with Gasteiger partial charge in [0.2, 0.25) is 0 Å². The summed E-state index contributed by atoms with van der Waals surface area (Å²) in [5.74, 6) is -6.41. The minimum Gasteiger partial charge on any atom is -0.508 e. The Bertz CT molecular complexity index is 2000. The molecule has 2 aromatic carbocycles. The zero-order valence-corrected chi connectivity index (χ0v) is 32.2. The van der Waals surface area contributed by atoms with E-state index < -0.39 is 94.1 Å². The van der Waals surface area contributed by atoms with E-state index in [1.807, 2.05) is 0 Å². The Morgan fingerprint density at radius 2 is 1.50 bits per heavy atom. The van der Waals surface area contributed by atoms with E-state index in [2.05, 4.69) is 0 Å². The summed E-state index contributed by atoms with van der Waals surface area (Å²) in [6, 6.07) is 13.9. The number of phenols is 1. The number of esters is 5. The molecule has 2 aromatic rings. The summed E-state index contributed by atoms with van der Waals surface area (Å²) < 4.78 is 36.2. The Morgan fingerprint density at radius 3 is 2.07 bits per heavy atom. The van der Waals surface area contributed by atoms with Crippen molar-refractivity contribution in [3.8, 4) is 5.75 Å². The highest BCUT2D eigenvalue weighted by atomic mass is 16.6. The summed E-state index contributed by atoms with van der Waals surface area (Å²) in [5.41, 5.74) is -6.54. The Labute approximate surface area is 323 Å². The van der Waals surface area contributed by atoms with Crippen molar-refractivity contribution in [1.29, 1.82) is 0 Å². The van der Waals surface area contributed by atoms with Gasteiger partial charge in [-0.2, -0.15) is 0 Å². The van der Waals surface area contributed by atoms with Gasteiger partial charge < -0.3 is 38.6 Å². The largest absolute Gasteiger partial charge is 0.508 e. The quantitative estimate of drug-likeness (QED) is 0.168. The van der Waals surface area contributed by atoms with Crippen LogP contribution >= 0.6 is 0 Å². The van der Waals surface area contributed by atoms with E-state index in [0.717, 1.165) is 13.0 Å². The molecule has 0 spiro atoms. The fourth-order valence-electron chi connectivity index (χ4n) is 9.30. The number of ether oxygens (including phenoxy) is 6. The zero-order valence-electron chi connectivity index (χ0n) is 32.2. The predicted octanol–water partition coefficient (Wildman–Crippen LogP) is 4.19. The number of carbonyl (C=O) groups excluding carboxylic acids is 6. The number of hydrogen-bond donors (Lipinski definition) is 2. The molecular formula is C42H46O14. The molecule has 1 heterocycles. The number of fused-ring (bicyclic) bond motifs is 5. The molecule has 0 unspecified atom stereocenters. The molecule has 2 saturated carbocycles. The molecule has 4 aliphatic rings. The van der Waals surface area contributed by atoms with Gasteiger partial charge in [0, 0.05) is 45.1 Å². The van der Waals surface area contributed by atoms with E-state index in [0.29, 0.717) is 11.1 Å². The average Bonchev–Trinajstić information content (AvgIpc) is 3.12. The fourth-order valence-corrected chi connectivity index (χ4v) is 9.30. The maximum absolute atomic E-state index is 15.7. The van der Waals surface area contributed by atoms with Crippen LogP contribution in [0.2, 0.25) is 0 Å². The smallest absolute Gasteiger partial charge is 0.338 e. The van der Waals surface area contributed by atoms with E-state index in [1.165, 1.54) is 51.1 Å². The molecule has 0 radical (unpaired) electrons. The minimum atomic E-state index is -2.25. The number of hydrogen-bond acceptors (Lipinski definition) is 14. The van der Waals surface area contributed by atoms with Crippen molar-refractivity contribution in [2.24, 2.45) is 16.7 Å². The second-order valence-electron chi connectivity index (χ2n) is 15.7. The highest BCUT2D eigenvalue weighted by Gasteiger charge is 2.79. The van der Waals surface area contributed by atoms with Crippen LogP contribution in [0, 0.1) is 16.7 Å². The zero-order chi connectivity index (χ0) is 41.0. The molecule has 298 valence electrons.